The van der Waals surface area contributed by atoms with Crippen LogP contribution in [0.5, 0.6) is 0 Å². The Balaban J connectivity index is 1.54. The molecule has 22 heavy (non-hydrogen) atoms. The Labute approximate surface area is 138 Å². The summed E-state index contributed by atoms with van der Waals surface area (Å²) < 4.78 is -0.453. The number of carbonyl (C=O) groups is 2. The summed E-state index contributed by atoms with van der Waals surface area (Å²) in [6.07, 6.45) is 4.63. The van der Waals surface area contributed by atoms with Gasteiger partial charge in [-0.25, -0.2) is 4.98 Å². The van der Waals surface area contributed by atoms with Crippen molar-refractivity contribution in [2.24, 2.45) is 0 Å². The largest absolute Gasteiger partial charge is 0.348 e. The fourth-order valence-corrected chi connectivity index (χ4v) is 4.74. The fraction of sp³-hybridized carbons (Fsp3) is 0.667. The maximum Gasteiger partial charge on any atom is 0.243 e. The van der Waals surface area contributed by atoms with E-state index >= 15 is 0 Å². The standard InChI is InChI=1S/C15H21N3O2S2/c1-15(2)14(20)18-10(8-21-15)13(19)16-7-12-17-9-5-3-4-6-11(9)22-12/h10H,3-8H2,1-2H3,(H,16,19)(H,18,20)/t10-/m0/s1. The number of nitrogens with one attached hydrogen (secondary N) is 2. The molecule has 0 bridgehead atoms. The summed E-state index contributed by atoms with van der Waals surface area (Å²) in [5, 5.41) is 6.68. The molecule has 3 rings (SSSR count). The molecule has 1 saturated heterocycles. The van der Waals surface area contributed by atoms with Crippen molar-refractivity contribution in [1.29, 1.82) is 0 Å². The van der Waals surface area contributed by atoms with Gasteiger partial charge in [0.1, 0.15) is 11.0 Å². The van der Waals surface area contributed by atoms with Gasteiger partial charge in [-0.1, -0.05) is 0 Å². The SMILES string of the molecule is CC1(C)SC[C@@H](C(=O)NCc2nc3c(s2)CCCC3)NC1=O. The summed E-state index contributed by atoms with van der Waals surface area (Å²) in [5.74, 6) is 0.414. The number of fused-ring (bicyclic) bond motifs is 1. The van der Waals surface area contributed by atoms with Crippen molar-refractivity contribution in [3.05, 3.63) is 15.6 Å². The molecule has 1 fully saturated rings. The lowest BCUT2D eigenvalue weighted by molar-refractivity contribution is -0.129. The molecule has 1 aliphatic heterocycles. The van der Waals surface area contributed by atoms with Gasteiger partial charge in [-0.15, -0.1) is 23.1 Å². The minimum atomic E-state index is -0.453. The smallest absolute Gasteiger partial charge is 0.243 e. The number of carbonyl (C=O) groups excluding carboxylic acids is 2. The maximum absolute atomic E-state index is 12.2. The first-order valence-corrected chi connectivity index (χ1v) is 9.46. The van der Waals surface area contributed by atoms with Crippen LogP contribution in [0.1, 0.15) is 42.3 Å². The molecular weight excluding hydrogens is 318 g/mol. The molecule has 1 aliphatic carbocycles. The Morgan fingerprint density at radius 3 is 2.91 bits per heavy atom. The van der Waals surface area contributed by atoms with E-state index in [0.29, 0.717) is 12.3 Å². The van der Waals surface area contributed by atoms with Crippen molar-refractivity contribution < 1.29 is 9.59 Å². The second kappa shape index (κ2) is 6.20. The number of aromatic nitrogens is 1. The van der Waals surface area contributed by atoms with Crippen LogP contribution in [0.2, 0.25) is 0 Å². The third-order valence-electron chi connectivity index (χ3n) is 4.08. The molecule has 0 radical (unpaired) electrons. The molecule has 1 aromatic rings. The molecule has 2 N–H and O–H groups in total. The molecule has 5 nitrogen and oxygen atoms in total. The van der Waals surface area contributed by atoms with E-state index in [9.17, 15) is 9.59 Å². The van der Waals surface area contributed by atoms with Gasteiger partial charge in [0.2, 0.25) is 11.8 Å². The van der Waals surface area contributed by atoms with Crippen LogP contribution in [0.3, 0.4) is 0 Å². The molecule has 2 heterocycles. The summed E-state index contributed by atoms with van der Waals surface area (Å²) in [4.78, 5) is 30.1. The van der Waals surface area contributed by atoms with E-state index in [1.807, 2.05) is 13.8 Å². The monoisotopic (exact) mass is 339 g/mol. The molecule has 1 atom stereocenters. The highest BCUT2D eigenvalue weighted by molar-refractivity contribution is 8.01. The molecule has 1 aromatic heterocycles. The Morgan fingerprint density at radius 2 is 2.18 bits per heavy atom. The quantitative estimate of drug-likeness (QED) is 0.878. The molecule has 0 spiro atoms. The Bertz CT molecular complexity index is 574. The predicted molar refractivity (Wildman–Crippen MR) is 89.1 cm³/mol. The third-order valence-corrected chi connectivity index (χ3v) is 6.65. The van der Waals surface area contributed by atoms with E-state index in [2.05, 4.69) is 15.6 Å². The molecule has 0 aromatic carbocycles. The Kier molecular flexibility index (Phi) is 4.45. The summed E-state index contributed by atoms with van der Waals surface area (Å²) in [6, 6.07) is -0.444. The summed E-state index contributed by atoms with van der Waals surface area (Å²) >= 11 is 3.23. The van der Waals surface area contributed by atoms with E-state index in [0.717, 1.165) is 17.8 Å². The van der Waals surface area contributed by atoms with Gasteiger partial charge in [0, 0.05) is 10.6 Å². The first-order chi connectivity index (χ1) is 10.5. The van der Waals surface area contributed by atoms with Gasteiger partial charge in [-0.3, -0.25) is 9.59 Å². The summed E-state index contributed by atoms with van der Waals surface area (Å²) in [6.45, 7) is 4.21. The van der Waals surface area contributed by atoms with Gasteiger partial charge < -0.3 is 10.6 Å². The molecule has 7 heteroatoms. The van der Waals surface area contributed by atoms with Crippen LogP contribution in [-0.2, 0) is 29.0 Å². The Morgan fingerprint density at radius 1 is 1.41 bits per heavy atom. The van der Waals surface area contributed by atoms with Crippen molar-refractivity contribution in [2.75, 3.05) is 5.75 Å². The van der Waals surface area contributed by atoms with Crippen molar-refractivity contribution in [3.8, 4) is 0 Å². The van der Waals surface area contributed by atoms with E-state index in [1.54, 1.807) is 11.3 Å². The van der Waals surface area contributed by atoms with Crippen LogP contribution >= 0.6 is 23.1 Å². The van der Waals surface area contributed by atoms with Crippen LogP contribution in [0, 0.1) is 0 Å². The topological polar surface area (TPSA) is 71.1 Å². The molecule has 120 valence electrons. The first kappa shape index (κ1) is 15.8. The lowest BCUT2D eigenvalue weighted by Gasteiger charge is -2.32. The number of hydrogen-bond acceptors (Lipinski definition) is 5. The van der Waals surface area contributed by atoms with Crippen molar-refractivity contribution >= 4 is 34.9 Å². The van der Waals surface area contributed by atoms with Crippen LogP contribution in [0.15, 0.2) is 0 Å². The lowest BCUT2D eigenvalue weighted by atomic mass is 10.0. The zero-order chi connectivity index (χ0) is 15.7. The highest BCUT2D eigenvalue weighted by Gasteiger charge is 2.37. The minimum absolute atomic E-state index is 0.0754. The molecule has 2 aliphatic rings. The predicted octanol–water partition coefficient (Wildman–Crippen LogP) is 1.65. The van der Waals surface area contributed by atoms with Gasteiger partial charge in [0.15, 0.2) is 0 Å². The number of aryl methyl sites for hydroxylation is 2. The number of amides is 2. The van der Waals surface area contributed by atoms with Crippen LogP contribution in [0.25, 0.3) is 0 Å². The summed E-state index contributed by atoms with van der Waals surface area (Å²) in [7, 11) is 0. The average molecular weight is 339 g/mol. The molecular formula is C15H21N3O2S2. The van der Waals surface area contributed by atoms with Gasteiger partial charge in [-0.05, 0) is 39.5 Å². The highest BCUT2D eigenvalue weighted by atomic mass is 32.2. The lowest BCUT2D eigenvalue weighted by Crippen LogP contribution is -2.57. The second-order valence-corrected chi connectivity index (χ2v) is 9.06. The highest BCUT2D eigenvalue weighted by Crippen LogP contribution is 2.29. The number of thiazole rings is 1. The zero-order valence-electron chi connectivity index (χ0n) is 12.9. The zero-order valence-corrected chi connectivity index (χ0v) is 14.5. The van der Waals surface area contributed by atoms with Gasteiger partial charge in [0.05, 0.1) is 17.0 Å². The first-order valence-electron chi connectivity index (χ1n) is 7.66. The normalized spacial score (nSPS) is 23.5. The molecule has 2 amide bonds. The van der Waals surface area contributed by atoms with Crippen LogP contribution < -0.4 is 10.6 Å². The number of hydrogen-bond donors (Lipinski definition) is 2. The number of rotatable bonds is 3. The minimum Gasteiger partial charge on any atom is -0.348 e. The van der Waals surface area contributed by atoms with Crippen molar-refractivity contribution in [1.82, 2.24) is 15.6 Å². The number of thioether (sulfide) groups is 1. The van der Waals surface area contributed by atoms with Crippen LogP contribution in [-0.4, -0.2) is 33.3 Å². The molecule has 0 saturated carbocycles. The number of nitrogens with zero attached hydrogens (tertiary/aromatic N) is 1. The molecule has 0 unspecified atom stereocenters. The van der Waals surface area contributed by atoms with Gasteiger partial charge in [0.25, 0.3) is 0 Å². The van der Waals surface area contributed by atoms with E-state index in [-0.39, 0.29) is 11.8 Å². The van der Waals surface area contributed by atoms with Crippen molar-refractivity contribution in [2.45, 2.75) is 56.9 Å². The summed E-state index contributed by atoms with van der Waals surface area (Å²) in [5.41, 5.74) is 1.21. The van der Waals surface area contributed by atoms with E-state index < -0.39 is 10.8 Å². The fourth-order valence-electron chi connectivity index (χ4n) is 2.64. The Hall–Kier alpha value is -1.08. The van der Waals surface area contributed by atoms with E-state index in [1.165, 1.54) is 35.2 Å². The van der Waals surface area contributed by atoms with E-state index in [4.69, 9.17) is 0 Å². The van der Waals surface area contributed by atoms with Crippen molar-refractivity contribution in [3.63, 3.8) is 0 Å². The third kappa shape index (κ3) is 3.30. The average Bonchev–Trinajstić information content (AvgIpc) is 2.90. The van der Waals surface area contributed by atoms with Gasteiger partial charge >= 0.3 is 0 Å². The maximum atomic E-state index is 12.2. The van der Waals surface area contributed by atoms with Gasteiger partial charge in [-0.2, -0.15) is 0 Å². The van der Waals surface area contributed by atoms with Crippen LogP contribution in [0.4, 0.5) is 0 Å². The second-order valence-electron chi connectivity index (χ2n) is 6.25.